The van der Waals surface area contributed by atoms with Crippen LogP contribution < -0.4 is 15.8 Å². The second-order valence-corrected chi connectivity index (χ2v) is 4.25. The number of carbonyl (C=O) groups excluding carboxylic acids is 1. The molecule has 1 saturated heterocycles. The number of amides is 1. The minimum Gasteiger partial charge on any atom is -0.489 e. The number of carbonyl (C=O) groups is 1. The van der Waals surface area contributed by atoms with Gasteiger partial charge in [0.15, 0.2) is 0 Å². The average Bonchev–Trinajstić information content (AvgIpc) is 2.39. The van der Waals surface area contributed by atoms with Gasteiger partial charge in [-0.1, -0.05) is 0 Å². The standard InChI is InChI=1S/C13H15N3O2/c14-8-9-1-2-11(13(15)17)12(7-9)18-10-3-5-16-6-4-10/h1-2,7,10,16H,3-6H2,(H2,15,17). The van der Waals surface area contributed by atoms with Crippen LogP contribution in [0.25, 0.3) is 0 Å². The highest BCUT2D eigenvalue weighted by atomic mass is 16.5. The molecule has 1 heterocycles. The van der Waals surface area contributed by atoms with E-state index in [1.54, 1.807) is 12.1 Å². The van der Waals surface area contributed by atoms with Crippen molar-refractivity contribution in [2.75, 3.05) is 13.1 Å². The zero-order chi connectivity index (χ0) is 13.0. The summed E-state index contributed by atoms with van der Waals surface area (Å²) in [4.78, 5) is 11.3. The Bertz CT molecular complexity index is 487. The molecule has 1 aliphatic rings. The monoisotopic (exact) mass is 245 g/mol. The van der Waals surface area contributed by atoms with Crippen molar-refractivity contribution in [3.05, 3.63) is 29.3 Å². The number of primary amides is 1. The van der Waals surface area contributed by atoms with Crippen molar-refractivity contribution in [1.82, 2.24) is 5.32 Å². The fourth-order valence-electron chi connectivity index (χ4n) is 1.99. The number of nitrogens with zero attached hydrogens (tertiary/aromatic N) is 1. The quantitative estimate of drug-likeness (QED) is 0.824. The van der Waals surface area contributed by atoms with Crippen LogP contribution in [0.15, 0.2) is 18.2 Å². The van der Waals surface area contributed by atoms with Crippen molar-refractivity contribution in [1.29, 1.82) is 5.26 Å². The highest BCUT2D eigenvalue weighted by Crippen LogP contribution is 2.23. The first kappa shape index (κ1) is 12.4. The highest BCUT2D eigenvalue weighted by Gasteiger charge is 2.18. The Morgan fingerprint density at radius 3 is 2.78 bits per heavy atom. The third-order valence-electron chi connectivity index (χ3n) is 2.96. The summed E-state index contributed by atoms with van der Waals surface area (Å²) in [5, 5.41) is 12.1. The van der Waals surface area contributed by atoms with Crippen LogP contribution in [0.5, 0.6) is 5.75 Å². The molecule has 3 N–H and O–H groups in total. The van der Waals surface area contributed by atoms with Crippen molar-refractivity contribution in [2.45, 2.75) is 18.9 Å². The summed E-state index contributed by atoms with van der Waals surface area (Å²) in [5.74, 6) is -0.128. The topological polar surface area (TPSA) is 88.1 Å². The van der Waals surface area contributed by atoms with Crippen LogP contribution in [0.3, 0.4) is 0 Å². The van der Waals surface area contributed by atoms with Gasteiger partial charge in [0.2, 0.25) is 0 Å². The molecule has 1 aromatic rings. The molecule has 0 aliphatic carbocycles. The molecular weight excluding hydrogens is 230 g/mol. The molecule has 0 aromatic heterocycles. The molecular formula is C13H15N3O2. The lowest BCUT2D eigenvalue weighted by molar-refractivity contribution is 0.0989. The lowest BCUT2D eigenvalue weighted by Gasteiger charge is -2.24. The number of piperidine rings is 1. The number of nitriles is 1. The Morgan fingerprint density at radius 2 is 2.17 bits per heavy atom. The molecule has 1 fully saturated rings. The average molecular weight is 245 g/mol. The van der Waals surface area contributed by atoms with Gasteiger partial charge in [0, 0.05) is 0 Å². The van der Waals surface area contributed by atoms with Gasteiger partial charge in [0.1, 0.15) is 11.9 Å². The number of ether oxygens (including phenoxy) is 1. The summed E-state index contributed by atoms with van der Waals surface area (Å²) in [6.07, 6.45) is 1.84. The summed E-state index contributed by atoms with van der Waals surface area (Å²) >= 11 is 0. The molecule has 1 amide bonds. The first-order valence-electron chi connectivity index (χ1n) is 5.92. The van der Waals surface area contributed by atoms with Gasteiger partial charge < -0.3 is 15.8 Å². The molecule has 18 heavy (non-hydrogen) atoms. The van der Waals surface area contributed by atoms with E-state index in [0.29, 0.717) is 16.9 Å². The van der Waals surface area contributed by atoms with Crippen molar-refractivity contribution >= 4 is 5.91 Å². The van der Waals surface area contributed by atoms with Crippen LogP contribution >= 0.6 is 0 Å². The van der Waals surface area contributed by atoms with Gasteiger partial charge in [-0.15, -0.1) is 0 Å². The van der Waals surface area contributed by atoms with E-state index in [4.69, 9.17) is 15.7 Å². The van der Waals surface area contributed by atoms with Gasteiger partial charge in [0.05, 0.1) is 17.2 Å². The van der Waals surface area contributed by atoms with Crippen LogP contribution in [0.4, 0.5) is 0 Å². The molecule has 0 bridgehead atoms. The van der Waals surface area contributed by atoms with Gasteiger partial charge in [-0.3, -0.25) is 4.79 Å². The van der Waals surface area contributed by atoms with Crippen LogP contribution in [-0.2, 0) is 0 Å². The van der Waals surface area contributed by atoms with E-state index in [2.05, 4.69) is 5.32 Å². The van der Waals surface area contributed by atoms with Gasteiger partial charge in [-0.05, 0) is 44.1 Å². The van der Waals surface area contributed by atoms with E-state index in [-0.39, 0.29) is 6.10 Å². The first-order valence-corrected chi connectivity index (χ1v) is 5.92. The minimum atomic E-state index is -0.538. The Labute approximate surface area is 106 Å². The van der Waals surface area contributed by atoms with E-state index < -0.39 is 5.91 Å². The highest BCUT2D eigenvalue weighted by molar-refractivity contribution is 5.95. The van der Waals surface area contributed by atoms with Crippen LogP contribution in [-0.4, -0.2) is 25.1 Å². The zero-order valence-corrected chi connectivity index (χ0v) is 9.98. The van der Waals surface area contributed by atoms with E-state index in [0.717, 1.165) is 25.9 Å². The Kier molecular flexibility index (Phi) is 3.80. The van der Waals surface area contributed by atoms with Gasteiger partial charge in [-0.2, -0.15) is 5.26 Å². The molecule has 0 atom stereocenters. The first-order chi connectivity index (χ1) is 8.70. The SMILES string of the molecule is N#Cc1ccc(C(N)=O)c(OC2CCNCC2)c1. The Hall–Kier alpha value is -2.06. The number of nitrogens with two attached hydrogens (primary N) is 1. The molecule has 5 heteroatoms. The van der Waals surface area contributed by atoms with Crippen molar-refractivity contribution < 1.29 is 9.53 Å². The van der Waals surface area contributed by atoms with E-state index >= 15 is 0 Å². The van der Waals surface area contributed by atoms with Gasteiger partial charge in [0.25, 0.3) is 5.91 Å². The number of benzene rings is 1. The normalized spacial score (nSPS) is 15.9. The molecule has 0 unspecified atom stereocenters. The predicted octanol–water partition coefficient (Wildman–Crippen LogP) is 0.788. The van der Waals surface area contributed by atoms with Crippen LogP contribution in [0.1, 0.15) is 28.8 Å². The Morgan fingerprint density at radius 1 is 1.44 bits per heavy atom. The predicted molar refractivity (Wildman–Crippen MR) is 66.2 cm³/mol. The van der Waals surface area contributed by atoms with E-state index in [9.17, 15) is 4.79 Å². The second kappa shape index (κ2) is 5.52. The molecule has 0 spiro atoms. The molecule has 0 radical (unpaired) electrons. The maximum Gasteiger partial charge on any atom is 0.252 e. The molecule has 94 valence electrons. The second-order valence-electron chi connectivity index (χ2n) is 4.25. The number of hydrogen-bond donors (Lipinski definition) is 2. The van der Waals surface area contributed by atoms with Gasteiger partial charge in [-0.25, -0.2) is 0 Å². The van der Waals surface area contributed by atoms with Gasteiger partial charge >= 0.3 is 0 Å². The van der Waals surface area contributed by atoms with Crippen molar-refractivity contribution in [3.8, 4) is 11.8 Å². The summed E-state index contributed by atoms with van der Waals surface area (Å²) in [5.41, 5.74) is 6.09. The summed E-state index contributed by atoms with van der Waals surface area (Å²) in [6.45, 7) is 1.79. The third-order valence-corrected chi connectivity index (χ3v) is 2.96. The molecule has 0 saturated carbocycles. The lowest BCUT2D eigenvalue weighted by atomic mass is 10.1. The molecule has 5 nitrogen and oxygen atoms in total. The lowest BCUT2D eigenvalue weighted by Crippen LogP contribution is -2.34. The smallest absolute Gasteiger partial charge is 0.252 e. The fraction of sp³-hybridized carbons (Fsp3) is 0.385. The Balaban J connectivity index is 2.23. The number of hydrogen-bond acceptors (Lipinski definition) is 4. The third kappa shape index (κ3) is 2.79. The fourth-order valence-corrected chi connectivity index (χ4v) is 1.99. The minimum absolute atomic E-state index is 0.0679. The maximum atomic E-state index is 11.3. The number of nitrogens with one attached hydrogen (secondary N) is 1. The van der Waals surface area contributed by atoms with Crippen molar-refractivity contribution in [2.24, 2.45) is 5.73 Å². The molecule has 1 aromatic carbocycles. The van der Waals surface area contributed by atoms with Crippen LogP contribution in [0, 0.1) is 11.3 Å². The largest absolute Gasteiger partial charge is 0.489 e. The maximum absolute atomic E-state index is 11.3. The summed E-state index contributed by atoms with van der Waals surface area (Å²) in [7, 11) is 0. The van der Waals surface area contributed by atoms with Crippen LogP contribution in [0.2, 0.25) is 0 Å². The summed E-state index contributed by atoms with van der Waals surface area (Å²) in [6, 6.07) is 6.70. The molecule has 2 rings (SSSR count). The number of rotatable bonds is 3. The van der Waals surface area contributed by atoms with E-state index in [1.165, 1.54) is 6.07 Å². The summed E-state index contributed by atoms with van der Waals surface area (Å²) < 4.78 is 5.80. The van der Waals surface area contributed by atoms with E-state index in [1.807, 2.05) is 6.07 Å². The molecule has 1 aliphatic heterocycles. The van der Waals surface area contributed by atoms with Crippen molar-refractivity contribution in [3.63, 3.8) is 0 Å². The zero-order valence-electron chi connectivity index (χ0n) is 9.98.